The zero-order valence-corrected chi connectivity index (χ0v) is 15.9. The molecule has 8 nitrogen and oxygen atoms in total. The molecule has 0 saturated carbocycles. The molecule has 144 valence electrons. The van der Waals surface area contributed by atoms with Crippen molar-refractivity contribution in [1.82, 2.24) is 5.43 Å². The maximum absolute atomic E-state index is 12.3. The molecular formula is C19H22N2O6. The molecule has 0 aliphatic heterocycles. The number of benzene rings is 2. The van der Waals surface area contributed by atoms with Crippen molar-refractivity contribution in [2.24, 2.45) is 5.10 Å². The standard InChI is InChI=1S/C19H22N2O6/c1-23-14-7-6-13(10-15(14)24-2)19(22)21-20-11-12-8-16(25-3)18(27-5)17(9-12)26-4/h6-11H,1-5H3,(H,21,22)/b20-11+. The Bertz CT molecular complexity index is 810. The molecule has 0 fully saturated rings. The van der Waals surface area contributed by atoms with Crippen LogP contribution in [0.5, 0.6) is 28.7 Å². The van der Waals surface area contributed by atoms with Crippen molar-refractivity contribution in [2.45, 2.75) is 0 Å². The zero-order valence-electron chi connectivity index (χ0n) is 15.9. The van der Waals surface area contributed by atoms with Crippen LogP contribution in [0.15, 0.2) is 35.4 Å². The Morgan fingerprint density at radius 3 is 1.93 bits per heavy atom. The van der Waals surface area contributed by atoms with Crippen molar-refractivity contribution in [1.29, 1.82) is 0 Å². The van der Waals surface area contributed by atoms with Crippen molar-refractivity contribution in [2.75, 3.05) is 35.5 Å². The monoisotopic (exact) mass is 374 g/mol. The summed E-state index contributed by atoms with van der Waals surface area (Å²) in [7, 11) is 7.60. The van der Waals surface area contributed by atoms with E-state index < -0.39 is 0 Å². The Morgan fingerprint density at radius 1 is 0.815 bits per heavy atom. The second-order valence-electron chi connectivity index (χ2n) is 5.23. The summed E-state index contributed by atoms with van der Waals surface area (Å²) >= 11 is 0. The molecule has 8 heteroatoms. The molecule has 1 amide bonds. The van der Waals surface area contributed by atoms with E-state index in [4.69, 9.17) is 23.7 Å². The van der Waals surface area contributed by atoms with E-state index >= 15 is 0 Å². The molecule has 0 aromatic heterocycles. The third kappa shape index (κ3) is 4.60. The summed E-state index contributed by atoms with van der Waals surface area (Å²) in [4.78, 5) is 12.3. The fourth-order valence-corrected chi connectivity index (χ4v) is 2.38. The Morgan fingerprint density at radius 2 is 1.41 bits per heavy atom. The van der Waals surface area contributed by atoms with E-state index in [1.807, 2.05) is 0 Å². The molecule has 2 aromatic carbocycles. The van der Waals surface area contributed by atoms with Crippen LogP contribution in [0.3, 0.4) is 0 Å². The quantitative estimate of drug-likeness (QED) is 0.564. The van der Waals surface area contributed by atoms with Crippen molar-refractivity contribution in [3.8, 4) is 28.7 Å². The van der Waals surface area contributed by atoms with Crippen molar-refractivity contribution in [3.05, 3.63) is 41.5 Å². The summed E-state index contributed by atoms with van der Waals surface area (Å²) in [5, 5.41) is 3.97. The molecule has 0 bridgehead atoms. The molecular weight excluding hydrogens is 352 g/mol. The maximum atomic E-state index is 12.3. The fourth-order valence-electron chi connectivity index (χ4n) is 2.38. The molecule has 0 unspecified atom stereocenters. The van der Waals surface area contributed by atoms with Crippen molar-refractivity contribution in [3.63, 3.8) is 0 Å². The van der Waals surface area contributed by atoms with Gasteiger partial charge < -0.3 is 23.7 Å². The summed E-state index contributed by atoms with van der Waals surface area (Å²) in [6, 6.07) is 8.27. The number of carbonyl (C=O) groups excluding carboxylic acids is 1. The third-order valence-electron chi connectivity index (χ3n) is 3.71. The Balaban J connectivity index is 2.16. The molecule has 0 heterocycles. The van der Waals surface area contributed by atoms with Gasteiger partial charge in [0, 0.05) is 11.1 Å². The van der Waals surface area contributed by atoms with Gasteiger partial charge in [0.2, 0.25) is 5.75 Å². The molecule has 0 radical (unpaired) electrons. The summed E-state index contributed by atoms with van der Waals surface area (Å²) in [6.07, 6.45) is 1.48. The van der Waals surface area contributed by atoms with Crippen LogP contribution >= 0.6 is 0 Å². The van der Waals surface area contributed by atoms with E-state index in [-0.39, 0.29) is 5.91 Å². The summed E-state index contributed by atoms with van der Waals surface area (Å²) in [5.74, 6) is 2.06. The second-order valence-corrected chi connectivity index (χ2v) is 5.23. The van der Waals surface area contributed by atoms with Gasteiger partial charge in [-0.3, -0.25) is 4.79 Å². The second kappa shape index (κ2) is 9.33. The molecule has 2 aromatic rings. The van der Waals surface area contributed by atoms with Crippen LogP contribution in [0.1, 0.15) is 15.9 Å². The first-order valence-electron chi connectivity index (χ1n) is 7.93. The van der Waals surface area contributed by atoms with Crippen LogP contribution in [-0.4, -0.2) is 47.7 Å². The van der Waals surface area contributed by atoms with Crippen LogP contribution in [-0.2, 0) is 0 Å². The molecule has 0 spiro atoms. The van der Waals surface area contributed by atoms with Gasteiger partial charge in [0.1, 0.15) is 0 Å². The first-order valence-corrected chi connectivity index (χ1v) is 7.93. The van der Waals surface area contributed by atoms with Gasteiger partial charge >= 0.3 is 0 Å². The third-order valence-corrected chi connectivity index (χ3v) is 3.71. The van der Waals surface area contributed by atoms with Crippen LogP contribution in [0.4, 0.5) is 0 Å². The number of hydrogen-bond acceptors (Lipinski definition) is 7. The number of nitrogens with zero attached hydrogens (tertiary/aromatic N) is 1. The highest BCUT2D eigenvalue weighted by Gasteiger charge is 2.13. The predicted octanol–water partition coefficient (Wildman–Crippen LogP) is 2.49. The number of ether oxygens (including phenoxy) is 5. The maximum Gasteiger partial charge on any atom is 0.271 e. The average Bonchev–Trinajstić information content (AvgIpc) is 2.72. The van der Waals surface area contributed by atoms with E-state index in [0.717, 1.165) is 0 Å². The van der Waals surface area contributed by atoms with Crippen LogP contribution in [0.25, 0.3) is 0 Å². The number of rotatable bonds is 8. The number of nitrogens with one attached hydrogen (secondary N) is 1. The van der Waals surface area contributed by atoms with Gasteiger partial charge in [0.25, 0.3) is 5.91 Å². The number of amides is 1. The van der Waals surface area contributed by atoms with Crippen LogP contribution < -0.4 is 29.1 Å². The minimum Gasteiger partial charge on any atom is -0.493 e. The number of carbonyl (C=O) groups is 1. The SMILES string of the molecule is COc1ccc(C(=O)N/N=C/c2cc(OC)c(OC)c(OC)c2)cc1OC. The van der Waals surface area contributed by atoms with Crippen molar-refractivity contribution >= 4 is 12.1 Å². The van der Waals surface area contributed by atoms with E-state index in [9.17, 15) is 4.79 Å². The van der Waals surface area contributed by atoms with Gasteiger partial charge in [0.15, 0.2) is 23.0 Å². The summed E-state index contributed by atoms with van der Waals surface area (Å²) in [6.45, 7) is 0. The fraction of sp³-hybridized carbons (Fsp3) is 0.263. The lowest BCUT2D eigenvalue weighted by Gasteiger charge is -2.12. The van der Waals surface area contributed by atoms with E-state index in [1.54, 1.807) is 30.3 Å². The molecule has 1 N–H and O–H groups in total. The summed E-state index contributed by atoms with van der Waals surface area (Å²) in [5.41, 5.74) is 3.51. The zero-order chi connectivity index (χ0) is 19.8. The van der Waals surface area contributed by atoms with Gasteiger partial charge in [-0.15, -0.1) is 0 Å². The van der Waals surface area contributed by atoms with Gasteiger partial charge in [-0.1, -0.05) is 0 Å². The van der Waals surface area contributed by atoms with Gasteiger partial charge in [-0.25, -0.2) is 5.43 Å². The lowest BCUT2D eigenvalue weighted by molar-refractivity contribution is 0.0954. The number of methoxy groups -OCH3 is 5. The molecule has 27 heavy (non-hydrogen) atoms. The Kier molecular flexibility index (Phi) is 6.87. The lowest BCUT2D eigenvalue weighted by atomic mass is 10.2. The minimum atomic E-state index is -0.389. The molecule has 0 aliphatic rings. The molecule has 0 atom stereocenters. The highest BCUT2D eigenvalue weighted by molar-refractivity contribution is 5.95. The smallest absolute Gasteiger partial charge is 0.271 e. The van der Waals surface area contributed by atoms with Crippen LogP contribution in [0, 0.1) is 0 Å². The predicted molar refractivity (Wildman–Crippen MR) is 101 cm³/mol. The molecule has 0 aliphatic carbocycles. The highest BCUT2D eigenvalue weighted by Crippen LogP contribution is 2.37. The van der Waals surface area contributed by atoms with Gasteiger partial charge in [-0.2, -0.15) is 5.10 Å². The first kappa shape index (κ1) is 19.9. The topological polar surface area (TPSA) is 87.6 Å². The molecule has 0 saturated heterocycles. The van der Waals surface area contributed by atoms with E-state index in [1.165, 1.54) is 41.8 Å². The normalized spacial score (nSPS) is 10.4. The van der Waals surface area contributed by atoms with E-state index in [2.05, 4.69) is 10.5 Å². The number of hydrazone groups is 1. The van der Waals surface area contributed by atoms with Gasteiger partial charge in [-0.05, 0) is 30.3 Å². The van der Waals surface area contributed by atoms with Gasteiger partial charge in [0.05, 0.1) is 41.8 Å². The number of hydrogen-bond donors (Lipinski definition) is 1. The lowest BCUT2D eigenvalue weighted by Crippen LogP contribution is -2.17. The highest BCUT2D eigenvalue weighted by atomic mass is 16.5. The van der Waals surface area contributed by atoms with Crippen LogP contribution in [0.2, 0.25) is 0 Å². The Labute approximate surface area is 157 Å². The van der Waals surface area contributed by atoms with Crippen molar-refractivity contribution < 1.29 is 28.5 Å². The minimum absolute atomic E-state index is 0.384. The molecule has 2 rings (SSSR count). The Hall–Kier alpha value is -3.42. The first-order chi connectivity index (χ1) is 13.1. The average molecular weight is 374 g/mol. The largest absolute Gasteiger partial charge is 0.493 e. The van der Waals surface area contributed by atoms with E-state index in [0.29, 0.717) is 39.9 Å². The summed E-state index contributed by atoms with van der Waals surface area (Å²) < 4.78 is 26.2.